The minimum Gasteiger partial charge on any atom is -0.450 e. The molecule has 0 bridgehead atoms. The Bertz CT molecular complexity index is 1170. The van der Waals surface area contributed by atoms with Crippen LogP contribution in [0.15, 0.2) is 66.7 Å². The molecule has 0 aliphatic heterocycles. The maximum absolute atomic E-state index is 12.0. The van der Waals surface area contributed by atoms with Gasteiger partial charge in [-0.15, -0.1) is 0 Å². The van der Waals surface area contributed by atoms with E-state index in [4.69, 9.17) is 26.3 Å². The highest BCUT2D eigenvalue weighted by atomic mass is 35.5. The summed E-state index contributed by atoms with van der Waals surface area (Å²) in [6.07, 6.45) is -0.591. The summed E-state index contributed by atoms with van der Waals surface area (Å²) in [5.41, 5.74) is 4.33. The fourth-order valence-corrected chi connectivity index (χ4v) is 3.16. The van der Waals surface area contributed by atoms with Gasteiger partial charge in [0.25, 0.3) is 0 Å². The van der Waals surface area contributed by atoms with Gasteiger partial charge in [-0.1, -0.05) is 72.3 Å². The Hall–Kier alpha value is -3.51. The van der Waals surface area contributed by atoms with Gasteiger partial charge in [-0.3, -0.25) is 5.32 Å². The zero-order valence-corrected chi connectivity index (χ0v) is 16.3. The van der Waals surface area contributed by atoms with Gasteiger partial charge in [0.15, 0.2) is 5.65 Å². The quantitative estimate of drug-likeness (QED) is 0.449. The predicted octanol–water partition coefficient (Wildman–Crippen LogP) is 5.58. The Balaban J connectivity index is 1.97. The van der Waals surface area contributed by atoms with E-state index >= 15 is 0 Å². The number of halogens is 1. The number of hydrogen-bond acceptors (Lipinski definition) is 5. The molecule has 7 heteroatoms. The van der Waals surface area contributed by atoms with Crippen molar-refractivity contribution in [2.45, 2.75) is 6.92 Å². The van der Waals surface area contributed by atoms with Gasteiger partial charge in [-0.05, 0) is 6.92 Å². The lowest BCUT2D eigenvalue weighted by molar-refractivity contribution is 0.168. The number of nitrogens with zero attached hydrogens (tertiary/aromatic N) is 3. The van der Waals surface area contributed by atoms with Crippen LogP contribution < -0.4 is 5.32 Å². The predicted molar refractivity (Wildman–Crippen MR) is 114 cm³/mol. The first-order valence-electron chi connectivity index (χ1n) is 9.08. The molecule has 0 fully saturated rings. The third-order valence-electron chi connectivity index (χ3n) is 4.22. The number of aromatic nitrogens is 3. The highest BCUT2D eigenvalue weighted by molar-refractivity contribution is 6.30. The molecule has 0 aliphatic rings. The molecule has 4 rings (SSSR count). The molecule has 1 N–H and O–H groups in total. The van der Waals surface area contributed by atoms with E-state index in [9.17, 15) is 4.79 Å². The minimum absolute atomic E-state index is 0.199. The average molecular weight is 405 g/mol. The Labute approximate surface area is 172 Å². The van der Waals surface area contributed by atoms with Crippen LogP contribution in [0.25, 0.3) is 33.7 Å². The Morgan fingerprint density at radius 3 is 2.10 bits per heavy atom. The second kappa shape index (κ2) is 8.24. The van der Waals surface area contributed by atoms with Crippen molar-refractivity contribution >= 4 is 34.5 Å². The van der Waals surface area contributed by atoms with Crippen molar-refractivity contribution in [3.63, 3.8) is 0 Å². The van der Waals surface area contributed by atoms with E-state index < -0.39 is 6.09 Å². The summed E-state index contributed by atoms with van der Waals surface area (Å²) >= 11 is 6.17. The van der Waals surface area contributed by atoms with Crippen LogP contribution in [0, 0.1) is 0 Å². The molecule has 2 aromatic heterocycles. The normalized spacial score (nSPS) is 10.7. The molecule has 0 saturated heterocycles. The largest absolute Gasteiger partial charge is 0.450 e. The minimum atomic E-state index is -0.591. The van der Waals surface area contributed by atoms with Gasteiger partial charge in [-0.25, -0.2) is 19.7 Å². The van der Waals surface area contributed by atoms with Gasteiger partial charge in [0, 0.05) is 17.2 Å². The lowest BCUT2D eigenvalue weighted by Crippen LogP contribution is -2.14. The number of pyridine rings is 1. The molecule has 1 amide bonds. The lowest BCUT2D eigenvalue weighted by atomic mass is 10.0. The summed E-state index contributed by atoms with van der Waals surface area (Å²) in [5.74, 6) is 0. The van der Waals surface area contributed by atoms with Gasteiger partial charge in [0.05, 0.1) is 23.7 Å². The number of amides is 1. The molecular formula is C22H17ClN4O2. The molecule has 0 spiro atoms. The standard InChI is InChI=1S/C22H17ClN4O2/c1-2-29-22(28)24-16-13-17(23)25-21-20(16)26-18(14-9-5-3-6-10-14)19(27-21)15-11-7-4-8-12-15/h3-13H,2H2,1H3,(H,24,25,27,28). The van der Waals surface area contributed by atoms with Crippen LogP contribution in [-0.4, -0.2) is 27.7 Å². The number of rotatable bonds is 4. The average Bonchev–Trinajstić information content (AvgIpc) is 2.74. The second-order valence-corrected chi connectivity index (χ2v) is 6.55. The number of carbonyl (C=O) groups excluding carboxylic acids is 1. The molecular weight excluding hydrogens is 388 g/mol. The summed E-state index contributed by atoms with van der Waals surface area (Å²) < 4.78 is 4.98. The third kappa shape index (κ3) is 4.02. The van der Waals surface area contributed by atoms with Crippen molar-refractivity contribution in [1.29, 1.82) is 0 Å². The van der Waals surface area contributed by atoms with E-state index in [1.54, 1.807) is 6.92 Å². The molecule has 2 aromatic carbocycles. The number of carbonyl (C=O) groups is 1. The van der Waals surface area contributed by atoms with Gasteiger partial charge in [-0.2, -0.15) is 0 Å². The smallest absolute Gasteiger partial charge is 0.411 e. The van der Waals surface area contributed by atoms with Gasteiger partial charge >= 0.3 is 6.09 Å². The number of ether oxygens (including phenoxy) is 1. The van der Waals surface area contributed by atoms with Crippen molar-refractivity contribution in [2.24, 2.45) is 0 Å². The first kappa shape index (κ1) is 18.8. The van der Waals surface area contributed by atoms with Crippen LogP contribution in [-0.2, 0) is 4.74 Å². The molecule has 0 atom stereocenters. The first-order valence-corrected chi connectivity index (χ1v) is 9.46. The molecule has 4 aromatic rings. The van der Waals surface area contributed by atoms with E-state index in [-0.39, 0.29) is 11.8 Å². The molecule has 2 heterocycles. The third-order valence-corrected chi connectivity index (χ3v) is 4.41. The Morgan fingerprint density at radius 2 is 1.52 bits per heavy atom. The van der Waals surface area contributed by atoms with Crippen LogP contribution in [0.5, 0.6) is 0 Å². The lowest BCUT2D eigenvalue weighted by Gasteiger charge is -2.13. The summed E-state index contributed by atoms with van der Waals surface area (Å²) in [5, 5.41) is 2.88. The Morgan fingerprint density at radius 1 is 0.931 bits per heavy atom. The van der Waals surface area contributed by atoms with Crippen molar-refractivity contribution in [3.8, 4) is 22.5 Å². The summed E-state index contributed by atoms with van der Waals surface area (Å²) in [6.45, 7) is 1.98. The highest BCUT2D eigenvalue weighted by Gasteiger charge is 2.17. The fraction of sp³-hybridized carbons (Fsp3) is 0.0909. The molecule has 0 saturated carbocycles. The molecule has 0 radical (unpaired) electrons. The number of benzene rings is 2. The van der Waals surface area contributed by atoms with E-state index in [2.05, 4.69) is 10.3 Å². The van der Waals surface area contributed by atoms with Crippen LogP contribution in [0.3, 0.4) is 0 Å². The van der Waals surface area contributed by atoms with Crippen molar-refractivity contribution in [1.82, 2.24) is 15.0 Å². The van der Waals surface area contributed by atoms with Crippen LogP contribution in [0.4, 0.5) is 10.5 Å². The first-order chi connectivity index (χ1) is 14.2. The molecule has 144 valence electrons. The highest BCUT2D eigenvalue weighted by Crippen LogP contribution is 2.33. The van der Waals surface area contributed by atoms with Gasteiger partial charge < -0.3 is 4.74 Å². The van der Waals surface area contributed by atoms with E-state index in [1.807, 2.05) is 60.7 Å². The second-order valence-electron chi connectivity index (χ2n) is 6.16. The fourth-order valence-electron chi connectivity index (χ4n) is 2.97. The molecule has 29 heavy (non-hydrogen) atoms. The number of fused-ring (bicyclic) bond motifs is 1. The zero-order chi connectivity index (χ0) is 20.2. The maximum atomic E-state index is 12.0. The number of anilines is 1. The van der Waals surface area contributed by atoms with Crippen LogP contribution in [0.2, 0.25) is 5.15 Å². The zero-order valence-electron chi connectivity index (χ0n) is 15.6. The molecule has 0 aliphatic carbocycles. The van der Waals surface area contributed by atoms with E-state index in [0.717, 1.165) is 11.1 Å². The van der Waals surface area contributed by atoms with Gasteiger partial charge in [0.1, 0.15) is 10.7 Å². The summed E-state index contributed by atoms with van der Waals surface area (Å²) in [6, 6.07) is 21.0. The topological polar surface area (TPSA) is 77.0 Å². The van der Waals surface area contributed by atoms with Crippen molar-refractivity contribution < 1.29 is 9.53 Å². The molecule has 6 nitrogen and oxygen atoms in total. The van der Waals surface area contributed by atoms with Gasteiger partial charge in [0.2, 0.25) is 0 Å². The summed E-state index contributed by atoms with van der Waals surface area (Å²) in [7, 11) is 0. The van der Waals surface area contributed by atoms with Crippen molar-refractivity contribution in [2.75, 3.05) is 11.9 Å². The number of nitrogens with one attached hydrogen (secondary N) is 1. The van der Waals surface area contributed by atoms with Crippen LogP contribution in [0.1, 0.15) is 6.92 Å². The van der Waals surface area contributed by atoms with Crippen LogP contribution >= 0.6 is 11.6 Å². The van der Waals surface area contributed by atoms with Crippen molar-refractivity contribution in [3.05, 3.63) is 71.9 Å². The molecule has 0 unspecified atom stereocenters. The monoisotopic (exact) mass is 404 g/mol. The SMILES string of the molecule is CCOC(=O)Nc1cc(Cl)nc2nc(-c3ccccc3)c(-c3ccccc3)nc12. The van der Waals surface area contributed by atoms with E-state index in [0.29, 0.717) is 28.2 Å². The van der Waals surface area contributed by atoms with E-state index in [1.165, 1.54) is 6.07 Å². The number of hydrogen-bond donors (Lipinski definition) is 1. The Kier molecular flexibility index (Phi) is 5.35. The maximum Gasteiger partial charge on any atom is 0.411 e. The summed E-state index contributed by atoms with van der Waals surface area (Å²) in [4.78, 5) is 25.8.